The summed E-state index contributed by atoms with van der Waals surface area (Å²) in [5, 5.41) is 3.48. The Balaban J connectivity index is 2.10. The van der Waals surface area contributed by atoms with Crippen LogP contribution in [0.1, 0.15) is 50.6 Å². The molecule has 2 rings (SSSR count). The summed E-state index contributed by atoms with van der Waals surface area (Å²) < 4.78 is 19.2. The van der Waals surface area contributed by atoms with Crippen LogP contribution in [0.2, 0.25) is 0 Å². The summed E-state index contributed by atoms with van der Waals surface area (Å²) in [5.74, 6) is 1.18. The number of nitrogens with one attached hydrogen (secondary N) is 1. The molecular weight excluding hydrogens is 241 g/mol. The van der Waals surface area contributed by atoms with Crippen molar-refractivity contribution >= 4 is 0 Å². The number of halogens is 1. The normalized spacial score (nSPS) is 17.0. The van der Waals surface area contributed by atoms with E-state index in [9.17, 15) is 4.39 Å². The molecule has 0 amide bonds. The Kier molecular flexibility index (Phi) is 5.20. The van der Waals surface area contributed by atoms with E-state index in [1.54, 1.807) is 7.11 Å². The lowest BCUT2D eigenvalue weighted by Crippen LogP contribution is -2.27. The quantitative estimate of drug-likeness (QED) is 0.802. The Hall–Kier alpha value is -1.09. The van der Waals surface area contributed by atoms with Crippen molar-refractivity contribution < 1.29 is 9.13 Å². The second kappa shape index (κ2) is 6.90. The highest BCUT2D eigenvalue weighted by molar-refractivity contribution is 5.31. The molecule has 0 saturated heterocycles. The zero-order chi connectivity index (χ0) is 13.7. The SMILES string of the molecule is CCCNC(CC1CCC1)c1ccc(OC)cc1F. The van der Waals surface area contributed by atoms with Gasteiger partial charge in [0.15, 0.2) is 0 Å². The first-order valence-electron chi connectivity index (χ1n) is 7.31. The molecule has 0 heterocycles. The first-order chi connectivity index (χ1) is 9.24. The van der Waals surface area contributed by atoms with Gasteiger partial charge in [-0.25, -0.2) is 4.39 Å². The molecule has 1 aliphatic carbocycles. The van der Waals surface area contributed by atoms with E-state index in [2.05, 4.69) is 12.2 Å². The molecule has 1 atom stereocenters. The maximum absolute atomic E-state index is 14.2. The number of hydrogen-bond acceptors (Lipinski definition) is 2. The Bertz CT molecular complexity index is 404. The Morgan fingerprint density at radius 2 is 2.21 bits per heavy atom. The maximum atomic E-state index is 14.2. The number of methoxy groups -OCH3 is 1. The molecule has 19 heavy (non-hydrogen) atoms. The third kappa shape index (κ3) is 3.69. The van der Waals surface area contributed by atoms with Gasteiger partial charge in [0.1, 0.15) is 11.6 Å². The zero-order valence-corrected chi connectivity index (χ0v) is 11.9. The average molecular weight is 265 g/mol. The van der Waals surface area contributed by atoms with Crippen LogP contribution < -0.4 is 10.1 Å². The van der Waals surface area contributed by atoms with Crippen LogP contribution >= 0.6 is 0 Å². The molecule has 1 saturated carbocycles. The van der Waals surface area contributed by atoms with Crippen molar-refractivity contribution in [2.75, 3.05) is 13.7 Å². The fourth-order valence-corrected chi connectivity index (χ4v) is 2.62. The average Bonchev–Trinajstić information content (AvgIpc) is 2.37. The van der Waals surface area contributed by atoms with Crippen LogP contribution in [0, 0.1) is 11.7 Å². The van der Waals surface area contributed by atoms with E-state index in [4.69, 9.17) is 4.74 Å². The summed E-state index contributed by atoms with van der Waals surface area (Å²) >= 11 is 0. The van der Waals surface area contributed by atoms with E-state index in [-0.39, 0.29) is 11.9 Å². The second-order valence-corrected chi connectivity index (χ2v) is 5.43. The first-order valence-corrected chi connectivity index (χ1v) is 7.31. The second-order valence-electron chi connectivity index (χ2n) is 5.43. The fourth-order valence-electron chi connectivity index (χ4n) is 2.62. The van der Waals surface area contributed by atoms with E-state index in [1.165, 1.54) is 25.3 Å². The van der Waals surface area contributed by atoms with E-state index in [1.807, 2.05) is 12.1 Å². The molecule has 1 fully saturated rings. The molecule has 0 spiro atoms. The molecule has 1 aliphatic rings. The summed E-state index contributed by atoms with van der Waals surface area (Å²) in [7, 11) is 1.57. The molecule has 0 aliphatic heterocycles. The van der Waals surface area contributed by atoms with Gasteiger partial charge in [-0.2, -0.15) is 0 Å². The summed E-state index contributed by atoms with van der Waals surface area (Å²) in [5.41, 5.74) is 0.779. The molecule has 0 aromatic heterocycles. The fraction of sp³-hybridized carbons (Fsp3) is 0.625. The van der Waals surface area contributed by atoms with Crippen molar-refractivity contribution in [1.82, 2.24) is 5.32 Å². The smallest absolute Gasteiger partial charge is 0.131 e. The number of hydrogen-bond donors (Lipinski definition) is 1. The summed E-state index contributed by atoms with van der Waals surface area (Å²) in [6.07, 6.45) is 6.03. The maximum Gasteiger partial charge on any atom is 0.131 e. The molecule has 1 aromatic carbocycles. The predicted octanol–water partition coefficient (Wildman–Crippen LogP) is 4.07. The van der Waals surface area contributed by atoms with E-state index < -0.39 is 0 Å². The molecule has 3 heteroatoms. The largest absolute Gasteiger partial charge is 0.497 e. The predicted molar refractivity (Wildman–Crippen MR) is 75.9 cm³/mol. The highest BCUT2D eigenvalue weighted by Gasteiger charge is 2.24. The minimum absolute atomic E-state index is 0.135. The standard InChI is InChI=1S/C16H24FNO/c1-3-9-18-16(10-12-5-4-6-12)14-8-7-13(19-2)11-15(14)17/h7-8,11-12,16,18H,3-6,9-10H2,1-2H3. The Morgan fingerprint density at radius 3 is 2.74 bits per heavy atom. The third-order valence-corrected chi connectivity index (χ3v) is 4.02. The lowest BCUT2D eigenvalue weighted by Gasteiger charge is -2.30. The number of benzene rings is 1. The van der Waals surface area contributed by atoms with Gasteiger partial charge >= 0.3 is 0 Å². The molecular formula is C16H24FNO. The monoisotopic (exact) mass is 265 g/mol. The van der Waals surface area contributed by atoms with Crippen molar-refractivity contribution in [2.24, 2.45) is 5.92 Å². The van der Waals surface area contributed by atoms with Crippen molar-refractivity contribution in [2.45, 2.75) is 45.1 Å². The van der Waals surface area contributed by atoms with Gasteiger partial charge < -0.3 is 10.1 Å². The van der Waals surface area contributed by atoms with Gasteiger partial charge in [-0.05, 0) is 31.4 Å². The highest BCUT2D eigenvalue weighted by Crippen LogP contribution is 2.35. The number of ether oxygens (including phenoxy) is 1. The van der Waals surface area contributed by atoms with Crippen LogP contribution in [0.3, 0.4) is 0 Å². The van der Waals surface area contributed by atoms with Crippen LogP contribution in [0.4, 0.5) is 4.39 Å². The summed E-state index contributed by atoms with van der Waals surface area (Å²) in [6, 6.07) is 5.33. The van der Waals surface area contributed by atoms with Crippen molar-refractivity contribution in [1.29, 1.82) is 0 Å². The van der Waals surface area contributed by atoms with Crippen molar-refractivity contribution in [3.8, 4) is 5.75 Å². The van der Waals surface area contributed by atoms with Gasteiger partial charge in [-0.15, -0.1) is 0 Å². The summed E-state index contributed by atoms with van der Waals surface area (Å²) in [6.45, 7) is 3.07. The zero-order valence-electron chi connectivity index (χ0n) is 11.9. The molecule has 2 nitrogen and oxygen atoms in total. The Labute approximate surface area is 115 Å². The van der Waals surface area contributed by atoms with E-state index >= 15 is 0 Å². The van der Waals surface area contributed by atoms with Gasteiger partial charge in [0, 0.05) is 17.7 Å². The summed E-state index contributed by atoms with van der Waals surface area (Å²) in [4.78, 5) is 0. The lowest BCUT2D eigenvalue weighted by molar-refractivity contribution is 0.258. The van der Waals surface area contributed by atoms with Gasteiger partial charge in [-0.3, -0.25) is 0 Å². The number of rotatable bonds is 7. The highest BCUT2D eigenvalue weighted by atomic mass is 19.1. The van der Waals surface area contributed by atoms with Crippen LogP contribution in [-0.2, 0) is 0 Å². The molecule has 0 radical (unpaired) electrons. The molecule has 106 valence electrons. The minimum Gasteiger partial charge on any atom is -0.497 e. The van der Waals surface area contributed by atoms with Crippen molar-refractivity contribution in [3.63, 3.8) is 0 Å². The van der Waals surface area contributed by atoms with Crippen molar-refractivity contribution in [3.05, 3.63) is 29.6 Å². The topological polar surface area (TPSA) is 21.3 Å². The van der Waals surface area contributed by atoms with Gasteiger partial charge in [-0.1, -0.05) is 32.3 Å². The third-order valence-electron chi connectivity index (χ3n) is 4.02. The molecule has 0 bridgehead atoms. The van der Waals surface area contributed by atoms with E-state index in [0.717, 1.165) is 30.9 Å². The molecule has 1 N–H and O–H groups in total. The van der Waals surface area contributed by atoms with Gasteiger partial charge in [0.2, 0.25) is 0 Å². The van der Waals surface area contributed by atoms with E-state index in [0.29, 0.717) is 5.75 Å². The van der Waals surface area contributed by atoms with Crippen LogP contribution in [0.25, 0.3) is 0 Å². The first kappa shape index (κ1) is 14.3. The van der Waals surface area contributed by atoms with Crippen LogP contribution in [0.5, 0.6) is 5.75 Å². The molecule has 1 unspecified atom stereocenters. The Morgan fingerprint density at radius 1 is 1.42 bits per heavy atom. The molecule has 1 aromatic rings. The van der Waals surface area contributed by atoms with Gasteiger partial charge in [0.05, 0.1) is 7.11 Å². The van der Waals surface area contributed by atoms with Gasteiger partial charge in [0.25, 0.3) is 0 Å². The van der Waals surface area contributed by atoms with Crippen LogP contribution in [0.15, 0.2) is 18.2 Å². The van der Waals surface area contributed by atoms with Crippen LogP contribution in [-0.4, -0.2) is 13.7 Å². The minimum atomic E-state index is -0.160. The lowest BCUT2D eigenvalue weighted by atomic mass is 9.79.